The van der Waals surface area contributed by atoms with Crippen molar-refractivity contribution in [2.24, 2.45) is 0 Å². The molecule has 1 rings (SSSR count). The van der Waals surface area contributed by atoms with E-state index in [2.05, 4.69) is 4.98 Å². The minimum atomic E-state index is -4.91. The molecule has 0 amide bonds. The number of aromatic nitrogens is 1. The Morgan fingerprint density at radius 2 is 2.08 bits per heavy atom. The molecule has 1 heterocycles. The van der Waals surface area contributed by atoms with Gasteiger partial charge in [0.25, 0.3) is 0 Å². The minimum absolute atomic E-state index is 0.197. The zero-order valence-corrected chi connectivity index (χ0v) is 7.77. The van der Waals surface area contributed by atoms with Crippen molar-refractivity contribution in [2.75, 3.05) is 5.73 Å². The zero-order valence-electron chi connectivity index (χ0n) is 5.89. The first-order valence-electron chi connectivity index (χ1n) is 2.95. The van der Waals surface area contributed by atoms with Crippen LogP contribution in [0.25, 0.3) is 0 Å². The number of hydrogen-bond acceptors (Lipinski definition) is 3. The van der Waals surface area contributed by atoms with Crippen LogP contribution in [0.2, 0.25) is 0 Å². The summed E-state index contributed by atoms with van der Waals surface area (Å²) in [6.07, 6.45) is 0.971. The van der Waals surface area contributed by atoms with Crippen molar-refractivity contribution in [3.8, 4) is 0 Å². The maximum atomic E-state index is 10.7. The van der Waals surface area contributed by atoms with Crippen LogP contribution in [0.3, 0.4) is 0 Å². The Labute approximate surface area is 70.0 Å². The summed E-state index contributed by atoms with van der Waals surface area (Å²) in [6, 6.07) is 0.985. The Morgan fingerprint density at radius 3 is 2.50 bits per heavy atom. The molecule has 0 saturated carbocycles. The van der Waals surface area contributed by atoms with Gasteiger partial charge in [0, 0.05) is 0 Å². The number of H-pyrrole nitrogens is 1. The van der Waals surface area contributed by atoms with E-state index in [1.807, 2.05) is 0 Å². The number of pyridine rings is 1. The molecule has 1 aromatic heterocycles. The predicted octanol–water partition coefficient (Wildman–Crippen LogP) is -2.48. The normalized spacial score (nSPS) is 11.5. The molecule has 0 bridgehead atoms. The molecule has 12 heavy (non-hydrogen) atoms. The number of aromatic amines is 1. The molecule has 0 spiro atoms. The summed E-state index contributed by atoms with van der Waals surface area (Å²) in [5.74, 6) is 0. The molecule has 0 unspecified atom stereocenters. The van der Waals surface area contributed by atoms with Gasteiger partial charge in [0.1, 0.15) is 0 Å². The molecule has 1 aromatic rings. The van der Waals surface area contributed by atoms with Gasteiger partial charge in [0.05, 0.1) is 0 Å². The zero-order chi connectivity index (χ0) is 9.35. The fourth-order valence-electron chi connectivity index (χ4n) is 0.658. The summed E-state index contributed by atoms with van der Waals surface area (Å²) in [6.45, 7) is 0. The first kappa shape index (κ1) is 9.12. The van der Waals surface area contributed by atoms with Crippen molar-refractivity contribution in [3.05, 3.63) is 22.6 Å². The van der Waals surface area contributed by atoms with E-state index in [4.69, 9.17) is 13.9 Å². The Morgan fingerprint density at radius 1 is 1.50 bits per heavy atom. The van der Waals surface area contributed by atoms with Crippen molar-refractivity contribution in [1.29, 1.82) is 0 Å². The van der Waals surface area contributed by atoms with Crippen LogP contribution in [0.15, 0.2) is 17.1 Å². The molecule has 6 nitrogen and oxygen atoms in total. The first-order valence-corrected chi connectivity index (χ1v) is 6.34. The van der Waals surface area contributed by atoms with E-state index in [9.17, 15) is 8.53 Å². The second-order valence-corrected chi connectivity index (χ2v) is 5.55. The Balaban J connectivity index is 3.33. The molecule has 0 aliphatic carbocycles. The number of rotatable bonds is 1. The summed E-state index contributed by atoms with van der Waals surface area (Å²) in [5, 5.41) is 0. The van der Waals surface area contributed by atoms with Gasteiger partial charge in [-0.25, -0.2) is 0 Å². The van der Waals surface area contributed by atoms with Gasteiger partial charge in [-0.05, 0) is 0 Å². The fourth-order valence-corrected chi connectivity index (χ4v) is 1.79. The predicted molar refractivity (Wildman–Crippen MR) is 42.0 cm³/mol. The van der Waals surface area contributed by atoms with Gasteiger partial charge >= 0.3 is 69.5 Å². The van der Waals surface area contributed by atoms with Crippen molar-refractivity contribution in [2.45, 2.75) is 0 Å². The Bertz CT molecular complexity index is 393. The summed E-state index contributed by atoms with van der Waals surface area (Å²) in [4.78, 5) is 12.8. The van der Waals surface area contributed by atoms with Crippen LogP contribution in [0.1, 0.15) is 0 Å². The van der Waals surface area contributed by atoms with E-state index >= 15 is 0 Å². The average Bonchev–Trinajstić information content (AvgIpc) is 1.92. The van der Waals surface area contributed by atoms with Gasteiger partial charge in [-0.1, -0.05) is 0 Å². The Hall–Kier alpha value is -0.972. The molecule has 66 valence electrons. The third-order valence-electron chi connectivity index (χ3n) is 1.25. The van der Waals surface area contributed by atoms with Crippen molar-refractivity contribution < 1.29 is 11.9 Å². The van der Waals surface area contributed by atoms with Gasteiger partial charge in [-0.2, -0.15) is 0 Å². The Kier molecular flexibility index (Phi) is 2.14. The molecule has 0 aromatic carbocycles. The van der Waals surface area contributed by atoms with Crippen molar-refractivity contribution in [3.63, 3.8) is 0 Å². The fraction of sp³-hybridized carbons (Fsp3) is 0. The summed E-state index contributed by atoms with van der Waals surface area (Å²) >= 11 is -4.91. The summed E-state index contributed by atoms with van der Waals surface area (Å²) < 4.78 is 27.8. The average molecular weight is 234 g/mol. The number of nitrogen functional groups attached to an aromatic ring is 1. The monoisotopic (exact) mass is 234 g/mol. The molecule has 0 radical (unpaired) electrons. The molecule has 7 heteroatoms. The third-order valence-corrected chi connectivity index (χ3v) is 3.21. The van der Waals surface area contributed by atoms with E-state index in [0.717, 1.165) is 12.3 Å². The van der Waals surface area contributed by atoms with E-state index in [1.54, 1.807) is 0 Å². The van der Waals surface area contributed by atoms with Crippen LogP contribution in [-0.4, -0.2) is 27.3 Å². The molecule has 0 atom stereocenters. The second kappa shape index (κ2) is 2.82. The van der Waals surface area contributed by atoms with Gasteiger partial charge in [0.2, 0.25) is 0 Å². The van der Waals surface area contributed by atoms with Crippen molar-refractivity contribution >= 4 is 24.2 Å². The van der Waals surface area contributed by atoms with Gasteiger partial charge in [0.15, 0.2) is 0 Å². The van der Waals surface area contributed by atoms with E-state index in [0.29, 0.717) is 0 Å². The van der Waals surface area contributed by atoms with Crippen LogP contribution in [0.4, 0.5) is 5.69 Å². The number of anilines is 1. The van der Waals surface area contributed by atoms with Gasteiger partial charge < -0.3 is 0 Å². The van der Waals surface area contributed by atoms with Crippen LogP contribution < -0.4 is 15.6 Å². The SMILES string of the molecule is Nc1cc([As](=O)(O)O)c[nH]c1=O. The molecule has 0 aliphatic heterocycles. The summed E-state index contributed by atoms with van der Waals surface area (Å²) in [7, 11) is 0. The standard InChI is InChI=1S/C5H7AsN2O4/c7-4-1-3(6(10,11)12)2-8-5(4)9/h1-2H,7H2,(H,8,9)(H2,10,11,12). The van der Waals surface area contributed by atoms with Crippen LogP contribution in [0, 0.1) is 0 Å². The van der Waals surface area contributed by atoms with E-state index < -0.39 is 19.7 Å². The molecular weight excluding hydrogens is 227 g/mol. The van der Waals surface area contributed by atoms with Crippen molar-refractivity contribution in [1.82, 2.24) is 4.98 Å². The van der Waals surface area contributed by atoms with Gasteiger partial charge in [-0.3, -0.25) is 0 Å². The molecule has 5 N–H and O–H groups in total. The second-order valence-electron chi connectivity index (χ2n) is 2.19. The molecule has 0 saturated heterocycles. The van der Waals surface area contributed by atoms with E-state index in [1.165, 1.54) is 0 Å². The topological polar surface area (TPSA) is 116 Å². The number of hydrogen-bond donors (Lipinski definition) is 4. The summed E-state index contributed by atoms with van der Waals surface area (Å²) in [5.41, 5.74) is 4.39. The first-order chi connectivity index (χ1) is 5.41. The molecule has 0 aliphatic rings. The maximum absolute atomic E-state index is 10.7. The quantitative estimate of drug-likeness (QED) is 0.401. The third kappa shape index (κ3) is 1.79. The molecule has 0 fully saturated rings. The molecular formula is C5H7AsN2O4. The van der Waals surface area contributed by atoms with Crippen LogP contribution in [-0.2, 0) is 3.74 Å². The van der Waals surface area contributed by atoms with E-state index in [-0.39, 0.29) is 10.0 Å². The van der Waals surface area contributed by atoms with Crippen LogP contribution in [0.5, 0.6) is 0 Å². The van der Waals surface area contributed by atoms with Crippen LogP contribution >= 0.6 is 0 Å². The number of nitrogens with two attached hydrogens (primary N) is 1. The number of nitrogens with one attached hydrogen (secondary N) is 1. The van der Waals surface area contributed by atoms with Gasteiger partial charge in [-0.15, -0.1) is 0 Å².